The number of hydrogen-bond acceptors (Lipinski definition) is 4. The Hall–Kier alpha value is -3.28. The Morgan fingerprint density at radius 2 is 1.77 bits per heavy atom. The topological polar surface area (TPSA) is 56.6 Å². The van der Waals surface area contributed by atoms with E-state index in [1.807, 2.05) is 45.0 Å². The lowest BCUT2D eigenvalue weighted by Gasteiger charge is -2.24. The third-order valence-electron chi connectivity index (χ3n) is 5.37. The summed E-state index contributed by atoms with van der Waals surface area (Å²) in [5, 5.41) is 4.91. The fourth-order valence-corrected chi connectivity index (χ4v) is 3.88. The van der Waals surface area contributed by atoms with E-state index in [2.05, 4.69) is 35.9 Å². The first kappa shape index (κ1) is 21.0. The third-order valence-corrected chi connectivity index (χ3v) is 5.37. The van der Waals surface area contributed by atoms with Gasteiger partial charge in [0.05, 0.1) is 38.1 Å². The number of amides is 1. The SMILES string of the molecule is COc1ccc(Cn2nc3c(c2-c2ccccc2C)CN(C(=O)OC(C)(C)C)C3)cc1. The summed E-state index contributed by atoms with van der Waals surface area (Å²) >= 11 is 0. The summed E-state index contributed by atoms with van der Waals surface area (Å²) in [5.74, 6) is 0.832. The molecule has 1 aliphatic heterocycles. The van der Waals surface area contributed by atoms with E-state index in [9.17, 15) is 4.79 Å². The molecule has 0 bridgehead atoms. The molecule has 31 heavy (non-hydrogen) atoms. The summed E-state index contributed by atoms with van der Waals surface area (Å²) in [5.41, 5.74) is 6.01. The van der Waals surface area contributed by atoms with Crippen molar-refractivity contribution in [2.24, 2.45) is 0 Å². The fraction of sp³-hybridized carbons (Fsp3) is 0.360. The molecule has 1 aliphatic rings. The molecule has 6 nitrogen and oxygen atoms in total. The van der Waals surface area contributed by atoms with Crippen LogP contribution in [0.2, 0.25) is 0 Å². The first-order valence-electron chi connectivity index (χ1n) is 10.5. The zero-order chi connectivity index (χ0) is 22.2. The average Bonchev–Trinajstić information content (AvgIpc) is 3.26. The zero-order valence-corrected chi connectivity index (χ0v) is 18.8. The van der Waals surface area contributed by atoms with Gasteiger partial charge in [-0.2, -0.15) is 5.10 Å². The van der Waals surface area contributed by atoms with Crippen LogP contribution in [0.4, 0.5) is 4.79 Å². The van der Waals surface area contributed by atoms with Gasteiger partial charge in [0.2, 0.25) is 0 Å². The Kier molecular flexibility index (Phi) is 5.48. The molecular weight excluding hydrogens is 390 g/mol. The molecule has 0 atom stereocenters. The van der Waals surface area contributed by atoms with Gasteiger partial charge in [0, 0.05) is 11.1 Å². The van der Waals surface area contributed by atoms with Crippen molar-refractivity contribution in [2.45, 2.75) is 52.9 Å². The van der Waals surface area contributed by atoms with Crippen LogP contribution >= 0.6 is 0 Å². The first-order chi connectivity index (χ1) is 14.7. The molecule has 162 valence electrons. The maximum atomic E-state index is 12.6. The molecule has 0 fully saturated rings. The van der Waals surface area contributed by atoms with E-state index in [1.165, 1.54) is 5.56 Å². The van der Waals surface area contributed by atoms with Crippen LogP contribution in [0, 0.1) is 6.92 Å². The number of rotatable bonds is 4. The molecule has 2 aromatic carbocycles. The van der Waals surface area contributed by atoms with Gasteiger partial charge in [0.15, 0.2) is 0 Å². The number of benzene rings is 2. The molecule has 2 heterocycles. The van der Waals surface area contributed by atoms with E-state index in [1.54, 1.807) is 12.0 Å². The summed E-state index contributed by atoms with van der Waals surface area (Å²) in [7, 11) is 1.67. The van der Waals surface area contributed by atoms with Crippen LogP contribution in [0.3, 0.4) is 0 Å². The van der Waals surface area contributed by atoms with Crippen LogP contribution < -0.4 is 4.74 Å². The second-order valence-corrected chi connectivity index (χ2v) is 8.93. The van der Waals surface area contributed by atoms with Gasteiger partial charge in [-0.3, -0.25) is 9.58 Å². The van der Waals surface area contributed by atoms with E-state index in [-0.39, 0.29) is 6.09 Å². The van der Waals surface area contributed by atoms with Crippen LogP contribution in [0.25, 0.3) is 11.3 Å². The summed E-state index contributed by atoms with van der Waals surface area (Å²) in [6, 6.07) is 16.3. The minimum Gasteiger partial charge on any atom is -0.497 e. The number of hydrogen-bond donors (Lipinski definition) is 0. The van der Waals surface area contributed by atoms with Crippen LogP contribution in [-0.2, 0) is 24.4 Å². The van der Waals surface area contributed by atoms with Gasteiger partial charge in [-0.1, -0.05) is 36.4 Å². The molecule has 0 saturated carbocycles. The van der Waals surface area contributed by atoms with E-state index in [0.717, 1.165) is 33.8 Å². The third kappa shape index (κ3) is 4.43. The predicted molar refractivity (Wildman–Crippen MR) is 120 cm³/mol. The number of carbonyl (C=O) groups is 1. The number of aryl methyl sites for hydroxylation is 1. The summed E-state index contributed by atoms with van der Waals surface area (Å²) in [6.45, 7) is 9.35. The molecule has 1 aromatic heterocycles. The standard InChI is InChI=1S/C25H29N3O3/c1-17-8-6-7-9-20(17)23-21-15-27(24(29)31-25(2,3)4)16-22(21)26-28(23)14-18-10-12-19(30-5)13-11-18/h6-13H,14-16H2,1-5H3. The highest BCUT2D eigenvalue weighted by atomic mass is 16.6. The van der Waals surface area contributed by atoms with Gasteiger partial charge in [-0.05, 0) is 51.0 Å². The van der Waals surface area contributed by atoms with Gasteiger partial charge in [0.1, 0.15) is 11.4 Å². The lowest BCUT2D eigenvalue weighted by molar-refractivity contribution is 0.0239. The van der Waals surface area contributed by atoms with Gasteiger partial charge < -0.3 is 9.47 Å². The molecule has 0 saturated heterocycles. The molecule has 1 amide bonds. The minimum atomic E-state index is -0.524. The first-order valence-corrected chi connectivity index (χ1v) is 10.5. The maximum absolute atomic E-state index is 12.6. The van der Waals surface area contributed by atoms with Crippen molar-refractivity contribution in [3.8, 4) is 17.0 Å². The van der Waals surface area contributed by atoms with Crippen LogP contribution in [0.15, 0.2) is 48.5 Å². The van der Waals surface area contributed by atoms with Gasteiger partial charge in [-0.15, -0.1) is 0 Å². The molecule has 0 spiro atoms. The summed E-state index contributed by atoms with van der Waals surface area (Å²) < 4.78 is 12.9. The van der Waals surface area contributed by atoms with E-state index in [0.29, 0.717) is 19.6 Å². The number of nitrogens with zero attached hydrogens (tertiary/aromatic N) is 3. The lowest BCUT2D eigenvalue weighted by Crippen LogP contribution is -2.33. The van der Waals surface area contributed by atoms with Crippen LogP contribution in [0.5, 0.6) is 5.75 Å². The predicted octanol–water partition coefficient (Wildman–Crippen LogP) is 5.17. The van der Waals surface area contributed by atoms with Crippen molar-refractivity contribution in [3.05, 3.63) is 70.9 Å². The van der Waals surface area contributed by atoms with Crippen molar-refractivity contribution >= 4 is 6.09 Å². The van der Waals surface area contributed by atoms with Crippen LogP contribution in [-0.4, -0.2) is 33.5 Å². The Morgan fingerprint density at radius 3 is 2.42 bits per heavy atom. The number of carbonyl (C=O) groups excluding carboxylic acids is 1. The average molecular weight is 420 g/mol. The Morgan fingerprint density at radius 1 is 1.06 bits per heavy atom. The molecule has 6 heteroatoms. The number of methoxy groups -OCH3 is 1. The lowest BCUT2D eigenvalue weighted by atomic mass is 10.0. The largest absolute Gasteiger partial charge is 0.497 e. The molecular formula is C25H29N3O3. The molecule has 4 rings (SSSR count). The smallest absolute Gasteiger partial charge is 0.410 e. The molecule has 0 N–H and O–H groups in total. The van der Waals surface area contributed by atoms with E-state index in [4.69, 9.17) is 14.6 Å². The van der Waals surface area contributed by atoms with Crippen molar-refractivity contribution in [1.82, 2.24) is 14.7 Å². The van der Waals surface area contributed by atoms with E-state index < -0.39 is 5.60 Å². The van der Waals surface area contributed by atoms with Crippen molar-refractivity contribution < 1.29 is 14.3 Å². The van der Waals surface area contributed by atoms with Gasteiger partial charge in [-0.25, -0.2) is 4.79 Å². The molecule has 0 unspecified atom stereocenters. The normalized spacial score (nSPS) is 13.3. The van der Waals surface area contributed by atoms with Gasteiger partial charge >= 0.3 is 6.09 Å². The zero-order valence-electron chi connectivity index (χ0n) is 18.8. The monoisotopic (exact) mass is 419 g/mol. The quantitative estimate of drug-likeness (QED) is 0.586. The highest BCUT2D eigenvalue weighted by Crippen LogP contribution is 2.35. The van der Waals surface area contributed by atoms with Crippen molar-refractivity contribution in [3.63, 3.8) is 0 Å². The number of fused-ring (bicyclic) bond motifs is 1. The van der Waals surface area contributed by atoms with Crippen LogP contribution in [0.1, 0.15) is 43.2 Å². The second kappa shape index (κ2) is 8.10. The summed E-state index contributed by atoms with van der Waals surface area (Å²) in [4.78, 5) is 14.4. The minimum absolute atomic E-state index is 0.303. The van der Waals surface area contributed by atoms with E-state index >= 15 is 0 Å². The Bertz CT molecular complexity index is 1090. The highest BCUT2D eigenvalue weighted by molar-refractivity contribution is 5.73. The number of ether oxygens (including phenoxy) is 2. The highest BCUT2D eigenvalue weighted by Gasteiger charge is 2.33. The Balaban J connectivity index is 1.69. The second-order valence-electron chi connectivity index (χ2n) is 8.93. The molecule has 3 aromatic rings. The fourth-order valence-electron chi connectivity index (χ4n) is 3.88. The number of aromatic nitrogens is 2. The molecule has 0 radical (unpaired) electrons. The maximum Gasteiger partial charge on any atom is 0.410 e. The van der Waals surface area contributed by atoms with Crippen molar-refractivity contribution in [1.29, 1.82) is 0 Å². The van der Waals surface area contributed by atoms with Gasteiger partial charge in [0.25, 0.3) is 0 Å². The molecule has 0 aliphatic carbocycles. The Labute approximate surface area is 183 Å². The summed E-state index contributed by atoms with van der Waals surface area (Å²) in [6.07, 6.45) is -0.303. The van der Waals surface area contributed by atoms with Crippen molar-refractivity contribution in [2.75, 3.05) is 7.11 Å².